The van der Waals surface area contributed by atoms with Gasteiger partial charge in [0.2, 0.25) is 0 Å². The van der Waals surface area contributed by atoms with Crippen molar-refractivity contribution in [2.75, 3.05) is 6.54 Å². The molecule has 1 aromatic rings. The van der Waals surface area contributed by atoms with Crippen LogP contribution in [0.25, 0.3) is 0 Å². The fraction of sp³-hybridized carbons (Fsp3) is 0.700. The number of hydrogen-bond acceptors (Lipinski definition) is 6. The first-order valence-electron chi connectivity index (χ1n) is 13.7. The van der Waals surface area contributed by atoms with Gasteiger partial charge in [0, 0.05) is 11.3 Å². The van der Waals surface area contributed by atoms with Crippen LogP contribution in [0.2, 0.25) is 0 Å². The molecule has 0 amide bonds. The lowest BCUT2D eigenvalue weighted by atomic mass is 9.34. The quantitative estimate of drug-likeness (QED) is 0.184. The van der Waals surface area contributed by atoms with Crippen molar-refractivity contribution in [3.05, 3.63) is 34.4 Å². The number of rotatable bonds is 3. The highest BCUT2D eigenvalue weighted by Crippen LogP contribution is 2.75. The van der Waals surface area contributed by atoms with Crippen LogP contribution in [0.1, 0.15) is 102 Å². The minimum atomic E-state index is -0.725. The van der Waals surface area contributed by atoms with E-state index < -0.39 is 11.4 Å². The lowest BCUT2D eigenvalue weighted by molar-refractivity contribution is -0.307. The topological polar surface area (TPSA) is 121 Å². The summed E-state index contributed by atoms with van der Waals surface area (Å²) in [5, 5.41) is 51.2. The number of carbonyl (C=O) groups is 1. The van der Waals surface area contributed by atoms with Crippen LogP contribution in [0.5, 0.6) is 11.5 Å². The van der Waals surface area contributed by atoms with Gasteiger partial charge in [-0.2, -0.15) is 0 Å². The first-order chi connectivity index (χ1) is 17.0. The molecule has 5 rings (SSSR count). The summed E-state index contributed by atoms with van der Waals surface area (Å²) in [6, 6.07) is 1.68. The normalized spacial score (nSPS) is 42.8. The zero-order valence-electron chi connectivity index (χ0n) is 23.1. The van der Waals surface area contributed by atoms with Crippen molar-refractivity contribution in [3.8, 4) is 11.5 Å². The van der Waals surface area contributed by atoms with Gasteiger partial charge in [-0.3, -0.25) is 15.2 Å². The second kappa shape index (κ2) is 7.96. The number of benzene rings is 1. The lowest BCUT2D eigenvalue weighted by Crippen LogP contribution is -2.62. The monoisotopic (exact) mass is 513 g/mol. The molecule has 4 aliphatic rings. The maximum Gasteiger partial charge on any atom is 0.309 e. The molecule has 4 aliphatic carbocycles. The molecule has 5 N–H and O–H groups in total. The Bertz CT molecular complexity index is 1190. The van der Waals surface area contributed by atoms with Crippen LogP contribution in [-0.4, -0.2) is 43.5 Å². The highest BCUT2D eigenvalue weighted by atomic mass is 16.8. The molecule has 0 aliphatic heterocycles. The number of aliphatic carboxylic acids is 1. The first-order valence-corrected chi connectivity index (χ1v) is 13.7. The molecule has 0 spiro atoms. The Balaban J connectivity index is 1.69. The molecule has 0 unspecified atom stereocenters. The summed E-state index contributed by atoms with van der Waals surface area (Å²) >= 11 is 0. The molecule has 7 nitrogen and oxygen atoms in total. The third-order valence-electron chi connectivity index (χ3n) is 12.1. The molecule has 0 radical (unpaired) electrons. The Labute approximate surface area is 219 Å². The number of phenolic OH excluding ortho intramolecular Hbond substituents is 2. The average molecular weight is 514 g/mol. The minimum Gasteiger partial charge on any atom is -0.504 e. The van der Waals surface area contributed by atoms with Crippen LogP contribution < -0.4 is 0 Å². The standard InChI is InChI=1S/C30H43NO6/c1-17-23-18(16-31(36)37)13-21-28(4,19(23)14-20(32)24(17)33)10-12-30(6)22-15-27(3,25(34)35)8-7-26(22,2)9-11-29(21,30)5/h13-14,18,22,32-33,36-37H,7-12,15-16H2,1-6H3,(H,34,35)/t18-,22+,26+,27+,28-,29+,30-/m0/s1. The smallest absolute Gasteiger partial charge is 0.309 e. The van der Waals surface area contributed by atoms with E-state index in [1.807, 2.05) is 6.92 Å². The molecule has 0 saturated heterocycles. The van der Waals surface area contributed by atoms with E-state index in [0.717, 1.165) is 43.2 Å². The third kappa shape index (κ3) is 3.39. The van der Waals surface area contributed by atoms with E-state index in [1.54, 1.807) is 13.0 Å². The van der Waals surface area contributed by atoms with Gasteiger partial charge in [0.25, 0.3) is 0 Å². The fourth-order valence-electron chi connectivity index (χ4n) is 9.36. The van der Waals surface area contributed by atoms with Gasteiger partial charge in [0.1, 0.15) is 0 Å². The summed E-state index contributed by atoms with van der Waals surface area (Å²) in [6.07, 6.45) is 8.28. The molecule has 0 heterocycles. The predicted octanol–water partition coefficient (Wildman–Crippen LogP) is 6.27. The summed E-state index contributed by atoms with van der Waals surface area (Å²) in [7, 11) is 0. The van der Waals surface area contributed by atoms with Crippen molar-refractivity contribution in [2.24, 2.45) is 27.6 Å². The Morgan fingerprint density at radius 3 is 2.27 bits per heavy atom. The summed E-state index contributed by atoms with van der Waals surface area (Å²) in [6.45, 7) is 12.9. The summed E-state index contributed by atoms with van der Waals surface area (Å²) in [5.41, 5.74) is 2.24. The Hall–Kier alpha value is -2.09. The number of allylic oxidation sites excluding steroid dienone is 1. The van der Waals surface area contributed by atoms with E-state index in [0.29, 0.717) is 18.4 Å². The van der Waals surface area contributed by atoms with Gasteiger partial charge >= 0.3 is 5.97 Å². The van der Waals surface area contributed by atoms with Gasteiger partial charge in [0.05, 0.1) is 12.0 Å². The number of hydrogen-bond donors (Lipinski definition) is 5. The van der Waals surface area contributed by atoms with Gasteiger partial charge in [-0.25, -0.2) is 0 Å². The molecular formula is C30H43NO6. The van der Waals surface area contributed by atoms with Gasteiger partial charge in [0.15, 0.2) is 11.5 Å². The van der Waals surface area contributed by atoms with Crippen LogP contribution in [0.15, 0.2) is 17.7 Å². The van der Waals surface area contributed by atoms with Crippen molar-refractivity contribution in [3.63, 3.8) is 0 Å². The van der Waals surface area contributed by atoms with Crippen LogP contribution >= 0.6 is 0 Å². The van der Waals surface area contributed by atoms with Crippen molar-refractivity contribution < 1.29 is 30.5 Å². The Morgan fingerprint density at radius 1 is 1.00 bits per heavy atom. The van der Waals surface area contributed by atoms with Crippen LogP contribution in [0, 0.1) is 34.5 Å². The van der Waals surface area contributed by atoms with E-state index in [2.05, 4.69) is 33.8 Å². The van der Waals surface area contributed by atoms with E-state index in [-0.39, 0.29) is 56.8 Å². The largest absolute Gasteiger partial charge is 0.504 e. The first kappa shape index (κ1) is 26.5. The summed E-state index contributed by atoms with van der Waals surface area (Å²) < 4.78 is 0. The molecule has 1 aromatic carbocycles. The van der Waals surface area contributed by atoms with Crippen molar-refractivity contribution in [1.29, 1.82) is 0 Å². The minimum absolute atomic E-state index is 0.0529. The molecule has 7 heteroatoms. The summed E-state index contributed by atoms with van der Waals surface area (Å²) in [5.74, 6) is -1.14. The van der Waals surface area contributed by atoms with E-state index in [4.69, 9.17) is 0 Å². The molecule has 0 bridgehead atoms. The number of hydroxylamine groups is 2. The predicted molar refractivity (Wildman–Crippen MR) is 139 cm³/mol. The number of nitrogens with zero attached hydrogens (tertiary/aromatic N) is 1. The van der Waals surface area contributed by atoms with Gasteiger partial charge in [-0.1, -0.05) is 44.6 Å². The van der Waals surface area contributed by atoms with Crippen LogP contribution in [0.4, 0.5) is 0 Å². The van der Waals surface area contributed by atoms with Gasteiger partial charge in [-0.05, 0) is 104 Å². The molecule has 3 saturated carbocycles. The maximum atomic E-state index is 12.3. The fourth-order valence-corrected chi connectivity index (χ4v) is 9.36. The van der Waals surface area contributed by atoms with Gasteiger partial charge < -0.3 is 15.3 Å². The highest BCUT2D eigenvalue weighted by molar-refractivity contribution is 5.74. The van der Waals surface area contributed by atoms with Crippen molar-refractivity contribution in [2.45, 2.75) is 97.8 Å². The van der Waals surface area contributed by atoms with Crippen molar-refractivity contribution >= 4 is 5.97 Å². The molecule has 37 heavy (non-hydrogen) atoms. The third-order valence-corrected chi connectivity index (χ3v) is 12.1. The zero-order chi connectivity index (χ0) is 27.3. The lowest BCUT2D eigenvalue weighted by Gasteiger charge is -2.70. The van der Waals surface area contributed by atoms with E-state index in [1.165, 1.54) is 5.57 Å². The second-order valence-electron chi connectivity index (χ2n) is 13.9. The van der Waals surface area contributed by atoms with Crippen LogP contribution in [-0.2, 0) is 10.2 Å². The number of aromatic hydroxyl groups is 2. The molecule has 0 aromatic heterocycles. The maximum absolute atomic E-state index is 12.3. The number of carboxylic acid groups (broad SMARTS) is 1. The molecule has 3 fully saturated rings. The zero-order valence-corrected chi connectivity index (χ0v) is 23.1. The van der Waals surface area contributed by atoms with Crippen LogP contribution in [0.3, 0.4) is 0 Å². The number of phenols is 2. The second-order valence-corrected chi connectivity index (χ2v) is 13.9. The van der Waals surface area contributed by atoms with E-state index >= 15 is 0 Å². The molecule has 7 atom stereocenters. The Morgan fingerprint density at radius 2 is 1.65 bits per heavy atom. The number of fused-ring (bicyclic) bond motifs is 7. The Kier molecular flexibility index (Phi) is 5.71. The molecular weight excluding hydrogens is 470 g/mol. The van der Waals surface area contributed by atoms with E-state index in [9.17, 15) is 30.5 Å². The van der Waals surface area contributed by atoms with Crippen molar-refractivity contribution in [1.82, 2.24) is 5.23 Å². The number of carboxylic acids is 1. The highest BCUT2D eigenvalue weighted by Gasteiger charge is 2.67. The molecule has 204 valence electrons. The average Bonchev–Trinajstić information content (AvgIpc) is 2.81. The summed E-state index contributed by atoms with van der Waals surface area (Å²) in [4.78, 5) is 12.3. The van der Waals surface area contributed by atoms with Gasteiger partial charge in [-0.15, -0.1) is 0 Å². The SMILES string of the molecule is Cc1c(O)c(O)cc2c1[C@H](CN(O)O)C=C1[C@@]2(C)CC[C@@]2(C)[C@@H]3C[C@](C)(C(=O)O)CC[C@]3(C)CC[C@]12C.